The Morgan fingerprint density at radius 2 is 0.704 bits per heavy atom. The number of rotatable bonds is 2. The number of hydrogen-bond donors (Lipinski definition) is 0. The maximum Gasteiger partial charge on any atom is -0.0105 e. The third-order valence-electron chi connectivity index (χ3n) is 4.49. The highest BCUT2D eigenvalue weighted by molar-refractivity contribution is 7.55. The Morgan fingerprint density at radius 1 is 0.333 bits per heavy atom. The molecule has 130 valence electrons. The van der Waals surface area contributed by atoms with E-state index in [2.05, 4.69) is 121 Å². The van der Waals surface area contributed by atoms with E-state index in [1.54, 1.807) is 0 Å². The molecule has 0 N–H and O–H groups in total. The van der Waals surface area contributed by atoms with Crippen LogP contribution in [0.15, 0.2) is 121 Å². The molecular formula is C26H21P. The van der Waals surface area contributed by atoms with E-state index in [1.807, 2.05) is 0 Å². The van der Waals surface area contributed by atoms with Crippen LogP contribution in [0, 0.1) is 0 Å². The Labute approximate surface area is 162 Å². The average Bonchev–Trinajstić information content (AvgIpc) is 2.76. The van der Waals surface area contributed by atoms with Crippen LogP contribution in [0.5, 0.6) is 0 Å². The molecule has 0 heterocycles. The molecule has 0 fully saturated rings. The molecule has 0 spiro atoms. The zero-order valence-corrected chi connectivity index (χ0v) is 16.0. The molecule has 0 amide bonds. The van der Waals surface area contributed by atoms with Crippen molar-refractivity contribution in [3.63, 3.8) is 0 Å². The zero-order chi connectivity index (χ0) is 18.3. The van der Waals surface area contributed by atoms with E-state index in [4.69, 9.17) is 0 Å². The highest BCUT2D eigenvalue weighted by Crippen LogP contribution is 2.24. The summed E-state index contributed by atoms with van der Waals surface area (Å²) in [6, 6.07) is 42.5. The molecule has 1 heteroatoms. The van der Waals surface area contributed by atoms with E-state index in [0.717, 1.165) is 8.58 Å². The normalized spacial score (nSPS) is 10.4. The summed E-state index contributed by atoms with van der Waals surface area (Å²) >= 11 is 0. The van der Waals surface area contributed by atoms with Crippen LogP contribution in [0.2, 0.25) is 0 Å². The molecule has 0 atom stereocenters. The van der Waals surface area contributed by atoms with Crippen LogP contribution in [-0.4, -0.2) is 0 Å². The molecule has 0 aliphatic rings. The van der Waals surface area contributed by atoms with Crippen LogP contribution in [-0.2, 0) is 0 Å². The molecule has 0 nitrogen and oxygen atoms in total. The Balaban J connectivity index is 0.000000134. The highest BCUT2D eigenvalue weighted by atomic mass is 31.1. The topological polar surface area (TPSA) is 0 Å². The quantitative estimate of drug-likeness (QED) is 0.254. The van der Waals surface area contributed by atoms with Gasteiger partial charge >= 0.3 is 0 Å². The van der Waals surface area contributed by atoms with Gasteiger partial charge in [-0.3, -0.25) is 0 Å². The first-order chi connectivity index (χ1) is 13.4. The van der Waals surface area contributed by atoms with E-state index in [1.165, 1.54) is 32.2 Å². The Hall–Kier alpha value is -2.95. The molecule has 5 aromatic carbocycles. The van der Waals surface area contributed by atoms with Gasteiger partial charge in [0.25, 0.3) is 0 Å². The fraction of sp³-hybridized carbons (Fsp3) is 0. The second kappa shape index (κ2) is 8.62. The molecule has 0 saturated heterocycles. The molecule has 5 aromatic rings. The monoisotopic (exact) mass is 364 g/mol. The minimum Gasteiger partial charge on any atom is -0.0622 e. The molecule has 0 aliphatic carbocycles. The lowest BCUT2D eigenvalue weighted by atomic mass is 10.0. The van der Waals surface area contributed by atoms with E-state index in [0.29, 0.717) is 0 Å². The van der Waals surface area contributed by atoms with Gasteiger partial charge in [0, 0.05) is 0 Å². The van der Waals surface area contributed by atoms with Gasteiger partial charge in [0.15, 0.2) is 0 Å². The third kappa shape index (κ3) is 4.42. The van der Waals surface area contributed by atoms with Crippen LogP contribution in [0.4, 0.5) is 0 Å². The molecule has 0 bridgehead atoms. The first kappa shape index (κ1) is 17.5. The van der Waals surface area contributed by atoms with Gasteiger partial charge in [0.2, 0.25) is 0 Å². The predicted molar refractivity (Wildman–Crippen MR) is 122 cm³/mol. The van der Waals surface area contributed by atoms with Crippen LogP contribution in [0.25, 0.3) is 21.5 Å². The predicted octanol–water partition coefficient (Wildman–Crippen LogP) is 6.31. The molecule has 0 aliphatic heterocycles. The van der Waals surface area contributed by atoms with Gasteiger partial charge < -0.3 is 0 Å². The standard InChI is InChI=1S/C14H10.C12H11P/c1-3-7-13-11(5-1)9-10-12-6-2-4-8-14(12)13;1-3-7-11(8-4-1)13-12-9-5-2-6-10-12/h1-10H;1-10,13H. The highest BCUT2D eigenvalue weighted by Gasteiger charge is 1.97. The van der Waals surface area contributed by atoms with Gasteiger partial charge in [0.05, 0.1) is 0 Å². The van der Waals surface area contributed by atoms with Crippen molar-refractivity contribution in [1.29, 1.82) is 0 Å². The Morgan fingerprint density at radius 3 is 1.15 bits per heavy atom. The van der Waals surface area contributed by atoms with Gasteiger partial charge in [-0.15, -0.1) is 0 Å². The van der Waals surface area contributed by atoms with E-state index < -0.39 is 0 Å². The van der Waals surface area contributed by atoms with Gasteiger partial charge in [-0.1, -0.05) is 130 Å². The summed E-state index contributed by atoms with van der Waals surface area (Å²) in [6.45, 7) is 0. The van der Waals surface area contributed by atoms with Crippen molar-refractivity contribution in [2.45, 2.75) is 0 Å². The first-order valence-electron chi connectivity index (χ1n) is 9.14. The minimum atomic E-state index is 0.777. The van der Waals surface area contributed by atoms with E-state index in [-0.39, 0.29) is 0 Å². The lowest BCUT2D eigenvalue weighted by Gasteiger charge is -2.02. The van der Waals surface area contributed by atoms with Crippen molar-refractivity contribution >= 4 is 40.7 Å². The molecule has 0 radical (unpaired) electrons. The summed E-state index contributed by atoms with van der Waals surface area (Å²) in [5, 5.41) is 8.09. The van der Waals surface area contributed by atoms with Crippen LogP contribution < -0.4 is 10.6 Å². The van der Waals surface area contributed by atoms with Gasteiger partial charge in [-0.2, -0.15) is 0 Å². The van der Waals surface area contributed by atoms with Crippen molar-refractivity contribution < 1.29 is 0 Å². The maximum atomic E-state index is 2.18. The summed E-state index contributed by atoms with van der Waals surface area (Å²) < 4.78 is 0. The largest absolute Gasteiger partial charge is 0.0622 e. The first-order valence-corrected chi connectivity index (χ1v) is 10.1. The van der Waals surface area contributed by atoms with Gasteiger partial charge in [0.1, 0.15) is 0 Å². The van der Waals surface area contributed by atoms with E-state index in [9.17, 15) is 0 Å². The van der Waals surface area contributed by atoms with Crippen molar-refractivity contribution in [2.24, 2.45) is 0 Å². The minimum absolute atomic E-state index is 0.777. The van der Waals surface area contributed by atoms with Crippen LogP contribution in [0.1, 0.15) is 0 Å². The third-order valence-corrected chi connectivity index (χ3v) is 5.73. The fourth-order valence-electron chi connectivity index (χ4n) is 3.16. The summed E-state index contributed by atoms with van der Waals surface area (Å²) in [5.74, 6) is 0. The molecule has 0 saturated carbocycles. The van der Waals surface area contributed by atoms with Gasteiger partial charge in [-0.25, -0.2) is 0 Å². The molecular weight excluding hydrogens is 343 g/mol. The van der Waals surface area contributed by atoms with Crippen molar-refractivity contribution in [3.05, 3.63) is 121 Å². The van der Waals surface area contributed by atoms with E-state index >= 15 is 0 Å². The van der Waals surface area contributed by atoms with Crippen molar-refractivity contribution in [2.75, 3.05) is 0 Å². The molecule has 5 rings (SSSR count). The maximum absolute atomic E-state index is 2.18. The summed E-state index contributed by atoms with van der Waals surface area (Å²) in [7, 11) is 0.777. The summed E-state index contributed by atoms with van der Waals surface area (Å²) in [4.78, 5) is 0. The number of hydrogen-bond acceptors (Lipinski definition) is 0. The number of benzene rings is 5. The van der Waals surface area contributed by atoms with Crippen molar-refractivity contribution in [3.8, 4) is 0 Å². The van der Waals surface area contributed by atoms with Crippen LogP contribution >= 0.6 is 8.58 Å². The molecule has 27 heavy (non-hydrogen) atoms. The summed E-state index contributed by atoms with van der Waals surface area (Å²) in [6.07, 6.45) is 0. The molecule has 0 aromatic heterocycles. The van der Waals surface area contributed by atoms with Gasteiger partial charge in [-0.05, 0) is 32.2 Å². The average molecular weight is 364 g/mol. The lowest BCUT2D eigenvalue weighted by Crippen LogP contribution is -2.01. The molecule has 0 unspecified atom stereocenters. The zero-order valence-electron chi connectivity index (χ0n) is 15.0. The SMILES string of the molecule is c1ccc(Pc2ccccc2)cc1.c1ccc2c(c1)ccc1ccccc12. The summed E-state index contributed by atoms with van der Waals surface area (Å²) in [5.41, 5.74) is 0. The lowest BCUT2D eigenvalue weighted by molar-refractivity contribution is 1.76. The Kier molecular flexibility index (Phi) is 5.58. The second-order valence-electron chi connectivity index (χ2n) is 6.36. The Bertz CT molecular complexity index is 1040. The van der Waals surface area contributed by atoms with Crippen LogP contribution in [0.3, 0.4) is 0 Å². The second-order valence-corrected chi connectivity index (χ2v) is 7.77. The van der Waals surface area contributed by atoms with Crippen molar-refractivity contribution in [1.82, 2.24) is 0 Å². The number of fused-ring (bicyclic) bond motifs is 3. The smallest absolute Gasteiger partial charge is 0.0105 e. The fourth-order valence-corrected chi connectivity index (χ4v) is 4.22.